The first kappa shape index (κ1) is 12.5. The maximum absolute atomic E-state index is 11.5. The molecule has 0 aliphatic carbocycles. The fourth-order valence-corrected chi connectivity index (χ4v) is 1.91. The van der Waals surface area contributed by atoms with Gasteiger partial charge in [-0.2, -0.15) is 0 Å². The van der Waals surface area contributed by atoms with Crippen LogP contribution in [-0.4, -0.2) is 43.0 Å². The van der Waals surface area contributed by atoms with E-state index in [4.69, 9.17) is 5.73 Å². The predicted octanol–water partition coefficient (Wildman–Crippen LogP) is 0.182. The number of hydrogen-bond donors (Lipinski definition) is 2. The van der Waals surface area contributed by atoms with E-state index in [0.717, 1.165) is 32.5 Å². The molecule has 4 nitrogen and oxygen atoms in total. The molecule has 1 rings (SSSR count). The van der Waals surface area contributed by atoms with Crippen LogP contribution >= 0.6 is 0 Å². The van der Waals surface area contributed by atoms with Crippen LogP contribution in [0.15, 0.2) is 0 Å². The van der Waals surface area contributed by atoms with Crippen molar-refractivity contribution < 1.29 is 4.79 Å². The molecular weight excluding hydrogens is 190 g/mol. The second-order valence-corrected chi connectivity index (χ2v) is 5.02. The molecule has 0 spiro atoms. The molecule has 0 radical (unpaired) electrons. The van der Waals surface area contributed by atoms with E-state index in [1.165, 1.54) is 0 Å². The van der Waals surface area contributed by atoms with Crippen LogP contribution in [0.1, 0.15) is 26.7 Å². The lowest BCUT2D eigenvalue weighted by Gasteiger charge is -2.39. The zero-order valence-corrected chi connectivity index (χ0v) is 10.0. The summed E-state index contributed by atoms with van der Waals surface area (Å²) >= 11 is 0. The number of amides is 1. The van der Waals surface area contributed by atoms with E-state index in [1.54, 1.807) is 0 Å². The lowest BCUT2D eigenvalue weighted by molar-refractivity contribution is -0.126. The Morgan fingerprint density at radius 3 is 2.40 bits per heavy atom. The lowest BCUT2D eigenvalue weighted by atomic mass is 9.86. The van der Waals surface area contributed by atoms with E-state index in [9.17, 15) is 4.79 Å². The summed E-state index contributed by atoms with van der Waals surface area (Å²) in [5, 5.41) is 3.35. The molecule has 0 aromatic rings. The van der Waals surface area contributed by atoms with E-state index in [2.05, 4.69) is 31.1 Å². The molecule has 0 atom stereocenters. The zero-order chi connectivity index (χ0) is 11.5. The summed E-state index contributed by atoms with van der Waals surface area (Å²) in [5.74, 6) is 0.345. The largest absolute Gasteiger partial charge is 0.368 e. The Morgan fingerprint density at radius 1 is 1.47 bits per heavy atom. The number of nitrogens with one attached hydrogen (secondary N) is 1. The molecule has 3 N–H and O–H groups in total. The van der Waals surface area contributed by atoms with Crippen LogP contribution in [-0.2, 0) is 4.79 Å². The minimum atomic E-state index is -0.462. The number of primary amides is 1. The van der Waals surface area contributed by atoms with E-state index >= 15 is 0 Å². The van der Waals surface area contributed by atoms with Crippen molar-refractivity contribution in [3.8, 4) is 0 Å². The third-order valence-electron chi connectivity index (χ3n) is 3.16. The number of rotatable bonds is 4. The molecule has 0 unspecified atom stereocenters. The van der Waals surface area contributed by atoms with E-state index in [0.29, 0.717) is 5.92 Å². The SMILES string of the molecule is CC(C)CNC1(C(N)=O)CCN(C)CC1. The maximum Gasteiger partial charge on any atom is 0.237 e. The van der Waals surface area contributed by atoms with Gasteiger partial charge in [0.05, 0.1) is 0 Å². The van der Waals surface area contributed by atoms with Crippen molar-refractivity contribution in [2.75, 3.05) is 26.7 Å². The average molecular weight is 213 g/mol. The highest BCUT2D eigenvalue weighted by molar-refractivity contribution is 5.84. The zero-order valence-electron chi connectivity index (χ0n) is 10.0. The Bertz CT molecular complexity index is 220. The highest BCUT2D eigenvalue weighted by atomic mass is 16.1. The fraction of sp³-hybridized carbons (Fsp3) is 0.909. The van der Waals surface area contributed by atoms with Gasteiger partial charge in [-0.15, -0.1) is 0 Å². The Hall–Kier alpha value is -0.610. The molecule has 88 valence electrons. The van der Waals surface area contributed by atoms with E-state index in [-0.39, 0.29) is 5.91 Å². The summed E-state index contributed by atoms with van der Waals surface area (Å²) in [6, 6.07) is 0. The molecule has 1 fully saturated rings. The number of likely N-dealkylation sites (tertiary alicyclic amines) is 1. The van der Waals surface area contributed by atoms with Crippen LogP contribution in [0.3, 0.4) is 0 Å². The molecular formula is C11H23N3O. The topological polar surface area (TPSA) is 58.4 Å². The molecule has 15 heavy (non-hydrogen) atoms. The smallest absolute Gasteiger partial charge is 0.237 e. The van der Waals surface area contributed by atoms with Gasteiger partial charge in [0.25, 0.3) is 0 Å². The number of hydrogen-bond acceptors (Lipinski definition) is 3. The van der Waals surface area contributed by atoms with Crippen LogP contribution in [0.4, 0.5) is 0 Å². The summed E-state index contributed by atoms with van der Waals surface area (Å²) in [4.78, 5) is 13.8. The number of nitrogens with two attached hydrogens (primary N) is 1. The summed E-state index contributed by atoms with van der Waals surface area (Å²) in [6.45, 7) is 7.00. The first-order valence-electron chi connectivity index (χ1n) is 5.70. The summed E-state index contributed by atoms with van der Waals surface area (Å²) in [6.07, 6.45) is 1.65. The average Bonchev–Trinajstić information content (AvgIpc) is 2.17. The molecule has 1 saturated heterocycles. The first-order chi connectivity index (χ1) is 6.96. The molecule has 0 saturated carbocycles. The highest BCUT2D eigenvalue weighted by Gasteiger charge is 2.38. The summed E-state index contributed by atoms with van der Waals surface area (Å²) in [7, 11) is 2.08. The van der Waals surface area contributed by atoms with Gasteiger partial charge in [0.2, 0.25) is 5.91 Å². The predicted molar refractivity (Wildman–Crippen MR) is 61.5 cm³/mol. The van der Waals surface area contributed by atoms with Gasteiger partial charge < -0.3 is 16.0 Å². The van der Waals surface area contributed by atoms with E-state index < -0.39 is 5.54 Å². The van der Waals surface area contributed by atoms with Gasteiger partial charge in [0.1, 0.15) is 5.54 Å². The Kier molecular flexibility index (Phi) is 4.11. The fourth-order valence-electron chi connectivity index (χ4n) is 1.91. The minimum Gasteiger partial charge on any atom is -0.368 e. The van der Waals surface area contributed by atoms with Crippen LogP contribution in [0.2, 0.25) is 0 Å². The summed E-state index contributed by atoms with van der Waals surface area (Å²) < 4.78 is 0. The summed E-state index contributed by atoms with van der Waals surface area (Å²) in [5.41, 5.74) is 5.05. The van der Waals surface area contributed by atoms with Gasteiger partial charge >= 0.3 is 0 Å². The first-order valence-corrected chi connectivity index (χ1v) is 5.70. The van der Waals surface area contributed by atoms with Gasteiger partial charge in [-0.1, -0.05) is 13.8 Å². The van der Waals surface area contributed by atoms with Crippen molar-refractivity contribution >= 4 is 5.91 Å². The molecule has 0 aromatic carbocycles. The number of carbonyl (C=O) groups is 1. The monoisotopic (exact) mass is 213 g/mol. The Balaban J connectivity index is 2.59. The number of piperidine rings is 1. The van der Waals surface area contributed by atoms with Gasteiger partial charge in [-0.05, 0) is 32.4 Å². The van der Waals surface area contributed by atoms with Gasteiger partial charge in [-0.3, -0.25) is 4.79 Å². The third kappa shape index (κ3) is 3.18. The molecule has 1 amide bonds. The molecule has 4 heteroatoms. The minimum absolute atomic E-state index is 0.198. The standard InChI is InChI=1S/C11H23N3O/c1-9(2)8-13-11(10(12)15)4-6-14(3)7-5-11/h9,13H,4-8H2,1-3H3,(H2,12,15). The van der Waals surface area contributed by atoms with Gasteiger partial charge in [-0.25, -0.2) is 0 Å². The van der Waals surface area contributed by atoms with Crippen molar-refractivity contribution in [2.24, 2.45) is 11.7 Å². The Morgan fingerprint density at radius 2 is 2.00 bits per heavy atom. The maximum atomic E-state index is 11.5. The second-order valence-electron chi connectivity index (χ2n) is 5.02. The molecule has 0 aromatic heterocycles. The van der Waals surface area contributed by atoms with Gasteiger partial charge in [0.15, 0.2) is 0 Å². The van der Waals surface area contributed by atoms with Gasteiger partial charge in [0, 0.05) is 13.1 Å². The quantitative estimate of drug-likeness (QED) is 0.700. The van der Waals surface area contributed by atoms with Crippen molar-refractivity contribution in [1.29, 1.82) is 0 Å². The normalized spacial score (nSPS) is 21.9. The van der Waals surface area contributed by atoms with Crippen LogP contribution in [0.25, 0.3) is 0 Å². The second kappa shape index (κ2) is 4.94. The van der Waals surface area contributed by atoms with Crippen LogP contribution in [0.5, 0.6) is 0 Å². The Labute approximate surface area is 92.2 Å². The van der Waals surface area contributed by atoms with Crippen molar-refractivity contribution in [3.63, 3.8) is 0 Å². The number of nitrogens with zero attached hydrogens (tertiary/aromatic N) is 1. The van der Waals surface area contributed by atoms with Crippen molar-refractivity contribution in [3.05, 3.63) is 0 Å². The van der Waals surface area contributed by atoms with Crippen LogP contribution < -0.4 is 11.1 Å². The van der Waals surface area contributed by atoms with Crippen molar-refractivity contribution in [1.82, 2.24) is 10.2 Å². The highest BCUT2D eigenvalue weighted by Crippen LogP contribution is 2.21. The lowest BCUT2D eigenvalue weighted by Crippen LogP contribution is -2.61. The third-order valence-corrected chi connectivity index (χ3v) is 3.16. The molecule has 1 aliphatic heterocycles. The molecule has 1 heterocycles. The van der Waals surface area contributed by atoms with Crippen molar-refractivity contribution in [2.45, 2.75) is 32.2 Å². The van der Waals surface area contributed by atoms with Crippen LogP contribution in [0, 0.1) is 5.92 Å². The van der Waals surface area contributed by atoms with E-state index in [1.807, 2.05) is 0 Å². The molecule has 0 bridgehead atoms. The number of carbonyl (C=O) groups excluding carboxylic acids is 1. The molecule has 1 aliphatic rings.